The Morgan fingerprint density at radius 1 is 1.11 bits per heavy atom. The van der Waals surface area contributed by atoms with Crippen molar-refractivity contribution in [3.05, 3.63) is 70.7 Å². The Bertz CT molecular complexity index is 1290. The molecule has 1 saturated carbocycles. The third-order valence-electron chi connectivity index (χ3n) is 6.33. The number of nitrogens with one attached hydrogen (secondary N) is 1. The summed E-state index contributed by atoms with van der Waals surface area (Å²) >= 11 is 1.51. The Labute approximate surface area is 209 Å². The van der Waals surface area contributed by atoms with Crippen LogP contribution in [-0.2, 0) is 32.7 Å². The highest BCUT2D eigenvalue weighted by Gasteiger charge is 2.39. The molecule has 0 radical (unpaired) electrons. The number of sulfonamides is 1. The molecule has 1 aromatic heterocycles. The summed E-state index contributed by atoms with van der Waals surface area (Å²) in [5, 5.41) is 11.1. The van der Waals surface area contributed by atoms with Crippen LogP contribution in [0.15, 0.2) is 65.0 Å². The van der Waals surface area contributed by atoms with Crippen LogP contribution in [-0.4, -0.2) is 37.2 Å². The van der Waals surface area contributed by atoms with Gasteiger partial charge in [0.1, 0.15) is 5.01 Å². The van der Waals surface area contributed by atoms with Crippen LogP contribution in [0.1, 0.15) is 29.8 Å². The van der Waals surface area contributed by atoms with Gasteiger partial charge in [-0.3, -0.25) is 9.59 Å². The van der Waals surface area contributed by atoms with Crippen LogP contribution in [0.5, 0.6) is 0 Å². The maximum absolute atomic E-state index is 13.0. The van der Waals surface area contributed by atoms with E-state index in [0.29, 0.717) is 31.5 Å². The smallest absolute Gasteiger partial charge is 0.238 e. The summed E-state index contributed by atoms with van der Waals surface area (Å²) in [4.78, 5) is 31.9. The fraction of sp³-hybridized carbons (Fsp3) is 0.320. The van der Waals surface area contributed by atoms with Gasteiger partial charge in [-0.25, -0.2) is 18.5 Å². The lowest BCUT2D eigenvalue weighted by atomic mass is 9.93. The van der Waals surface area contributed by atoms with Crippen molar-refractivity contribution in [3.8, 4) is 11.1 Å². The monoisotopic (exact) mass is 512 g/mol. The summed E-state index contributed by atoms with van der Waals surface area (Å²) < 4.78 is 23.8. The van der Waals surface area contributed by atoms with Crippen LogP contribution in [0.2, 0.25) is 0 Å². The molecule has 35 heavy (non-hydrogen) atoms. The first-order valence-corrected chi connectivity index (χ1v) is 13.8. The molecule has 0 saturated heterocycles. The first-order chi connectivity index (χ1) is 16.7. The highest BCUT2D eigenvalue weighted by Crippen LogP contribution is 2.34. The molecule has 2 atom stereocenters. The highest BCUT2D eigenvalue weighted by molar-refractivity contribution is 7.89. The van der Waals surface area contributed by atoms with Gasteiger partial charge in [0, 0.05) is 42.6 Å². The molecule has 184 valence electrons. The van der Waals surface area contributed by atoms with Crippen molar-refractivity contribution >= 4 is 33.2 Å². The second-order valence-electron chi connectivity index (χ2n) is 8.72. The zero-order valence-corrected chi connectivity index (χ0v) is 21.0. The molecule has 1 heterocycles. The number of hydrogen-bond donors (Lipinski definition) is 2. The number of nitrogens with two attached hydrogens (primary N) is 1. The molecule has 1 fully saturated rings. The predicted molar refractivity (Wildman–Crippen MR) is 135 cm³/mol. The molecule has 0 spiro atoms. The van der Waals surface area contributed by atoms with Gasteiger partial charge in [-0.2, -0.15) is 0 Å². The molecule has 0 unspecified atom stereocenters. The van der Waals surface area contributed by atoms with Gasteiger partial charge in [-0.1, -0.05) is 48.9 Å². The third kappa shape index (κ3) is 5.95. The van der Waals surface area contributed by atoms with Gasteiger partial charge < -0.3 is 10.2 Å². The molecule has 1 aliphatic rings. The molecular formula is C25H28N4O4S2. The average Bonchev–Trinajstić information content (AvgIpc) is 3.54. The predicted octanol–water partition coefficient (Wildman–Crippen LogP) is 3.15. The molecule has 4 rings (SSSR count). The molecule has 2 amide bonds. The number of rotatable bonds is 8. The number of hydrogen-bond acceptors (Lipinski definition) is 6. The van der Waals surface area contributed by atoms with E-state index in [2.05, 4.69) is 10.3 Å². The number of thiazole rings is 1. The minimum Gasteiger partial charge on any atom is -0.352 e. The van der Waals surface area contributed by atoms with Gasteiger partial charge in [-0.15, -0.1) is 11.3 Å². The average molecular weight is 513 g/mol. The fourth-order valence-electron chi connectivity index (χ4n) is 4.54. The number of nitrogens with zero attached hydrogens (tertiary/aromatic N) is 2. The van der Waals surface area contributed by atoms with Gasteiger partial charge in [0.25, 0.3) is 0 Å². The number of primary sulfonamides is 1. The van der Waals surface area contributed by atoms with E-state index in [-0.39, 0.29) is 28.5 Å². The number of carbonyl (C=O) groups excluding carboxylic acids is 2. The normalized spacial score (nSPS) is 17.8. The SMILES string of the molecule is CN(Cc1nccs1)C(=O)[C@@H]1CCC[C@H]1C(=O)NCc1ccc(-c2ccccc2S(N)(=O)=O)cc1. The van der Waals surface area contributed by atoms with Gasteiger partial charge >= 0.3 is 0 Å². The zero-order chi connectivity index (χ0) is 25.0. The zero-order valence-electron chi connectivity index (χ0n) is 19.4. The maximum Gasteiger partial charge on any atom is 0.238 e. The van der Waals surface area contributed by atoms with Crippen molar-refractivity contribution in [2.45, 2.75) is 37.2 Å². The van der Waals surface area contributed by atoms with E-state index in [4.69, 9.17) is 5.14 Å². The van der Waals surface area contributed by atoms with Crippen LogP contribution in [0.4, 0.5) is 0 Å². The van der Waals surface area contributed by atoms with Crippen molar-refractivity contribution in [1.29, 1.82) is 0 Å². The molecule has 8 nitrogen and oxygen atoms in total. The van der Waals surface area contributed by atoms with Crippen molar-refractivity contribution in [3.63, 3.8) is 0 Å². The Kier molecular flexibility index (Phi) is 7.63. The summed E-state index contributed by atoms with van der Waals surface area (Å²) in [6.45, 7) is 0.768. The minimum atomic E-state index is -3.85. The molecule has 0 aliphatic heterocycles. The third-order valence-corrected chi connectivity index (χ3v) is 8.06. The van der Waals surface area contributed by atoms with Gasteiger partial charge in [0.05, 0.1) is 11.4 Å². The summed E-state index contributed by atoms with van der Waals surface area (Å²) in [5.74, 6) is -0.804. The number of amides is 2. The minimum absolute atomic E-state index is 0.0178. The highest BCUT2D eigenvalue weighted by atomic mass is 32.2. The van der Waals surface area contributed by atoms with Crippen LogP contribution in [0.3, 0.4) is 0 Å². The standard InChI is InChI=1S/C25H28N4O4S2/c1-29(16-23-27-13-14-34-23)25(31)21-7-4-6-20(21)24(30)28-15-17-9-11-18(12-10-17)19-5-2-3-8-22(19)35(26,32)33/h2-3,5,8-14,20-21H,4,6-7,15-16H2,1H3,(H,28,30)(H2,26,32,33)/t20-,21-/m1/s1. The first-order valence-electron chi connectivity index (χ1n) is 11.4. The lowest BCUT2D eigenvalue weighted by Crippen LogP contribution is -2.40. The second-order valence-corrected chi connectivity index (χ2v) is 11.2. The lowest BCUT2D eigenvalue weighted by Gasteiger charge is -2.24. The van der Waals surface area contributed by atoms with Crippen molar-refractivity contribution < 1.29 is 18.0 Å². The van der Waals surface area contributed by atoms with Gasteiger partial charge in [0.15, 0.2) is 0 Å². The van der Waals surface area contributed by atoms with E-state index in [1.807, 2.05) is 17.5 Å². The van der Waals surface area contributed by atoms with E-state index in [1.165, 1.54) is 17.4 Å². The van der Waals surface area contributed by atoms with E-state index in [9.17, 15) is 18.0 Å². The molecule has 3 aromatic rings. The van der Waals surface area contributed by atoms with Crippen LogP contribution in [0, 0.1) is 11.8 Å². The van der Waals surface area contributed by atoms with E-state index < -0.39 is 10.0 Å². The molecule has 0 bridgehead atoms. The fourth-order valence-corrected chi connectivity index (χ4v) is 5.97. The van der Waals surface area contributed by atoms with Gasteiger partial charge in [-0.05, 0) is 30.0 Å². The Morgan fingerprint density at radius 3 is 2.51 bits per heavy atom. The second kappa shape index (κ2) is 10.7. The molecular weight excluding hydrogens is 484 g/mol. The van der Waals surface area contributed by atoms with Crippen molar-refractivity contribution in [1.82, 2.24) is 15.2 Å². The Morgan fingerprint density at radius 2 is 1.83 bits per heavy atom. The van der Waals surface area contributed by atoms with E-state index in [1.54, 1.807) is 48.5 Å². The number of carbonyl (C=O) groups is 2. The summed E-state index contributed by atoms with van der Waals surface area (Å²) in [6, 6.07) is 13.9. The van der Waals surface area contributed by atoms with Crippen molar-refractivity contribution in [2.75, 3.05) is 7.05 Å². The summed E-state index contributed by atoms with van der Waals surface area (Å²) in [7, 11) is -2.09. The first kappa shape index (κ1) is 25.0. The molecule has 10 heteroatoms. The largest absolute Gasteiger partial charge is 0.352 e. The molecule has 2 aromatic carbocycles. The lowest BCUT2D eigenvalue weighted by molar-refractivity contribution is -0.140. The number of benzene rings is 2. The topological polar surface area (TPSA) is 122 Å². The summed E-state index contributed by atoms with van der Waals surface area (Å²) in [6.07, 6.45) is 3.96. The maximum atomic E-state index is 13.0. The van der Waals surface area contributed by atoms with Crippen molar-refractivity contribution in [2.24, 2.45) is 17.0 Å². The van der Waals surface area contributed by atoms with Crippen LogP contribution >= 0.6 is 11.3 Å². The van der Waals surface area contributed by atoms with E-state index in [0.717, 1.165) is 22.6 Å². The quantitative estimate of drug-likeness (QED) is 0.480. The molecule has 1 aliphatic carbocycles. The number of aromatic nitrogens is 1. The van der Waals surface area contributed by atoms with Crippen LogP contribution < -0.4 is 10.5 Å². The Hall–Kier alpha value is -3.08. The summed E-state index contributed by atoms with van der Waals surface area (Å²) in [5.41, 5.74) is 2.12. The van der Waals surface area contributed by atoms with Gasteiger partial charge in [0.2, 0.25) is 21.8 Å². The van der Waals surface area contributed by atoms with Crippen LogP contribution in [0.25, 0.3) is 11.1 Å². The molecule has 3 N–H and O–H groups in total. The van der Waals surface area contributed by atoms with E-state index >= 15 is 0 Å². The Balaban J connectivity index is 1.37.